The van der Waals surface area contributed by atoms with Crippen molar-refractivity contribution >= 4 is 11.4 Å². The fourth-order valence-corrected chi connectivity index (χ4v) is 3.06. The van der Waals surface area contributed by atoms with E-state index in [4.69, 9.17) is 0 Å². The molecule has 3 aromatic carbocycles. The van der Waals surface area contributed by atoms with Crippen LogP contribution in [0, 0.1) is 0 Å². The van der Waals surface area contributed by atoms with Crippen molar-refractivity contribution in [1.29, 1.82) is 0 Å². The minimum atomic E-state index is 0.462. The largest absolute Gasteiger partial charge is 0.384 e. The molecule has 2 atom stereocenters. The Kier molecular flexibility index (Phi) is 6.32. The zero-order valence-electron chi connectivity index (χ0n) is 15.7. The maximum Gasteiger partial charge on any atom is 0.0340 e. The van der Waals surface area contributed by atoms with E-state index in [1.54, 1.807) is 0 Å². The maximum atomic E-state index is 3.53. The molecule has 134 valence electrons. The Bertz CT molecular complexity index is 719. The molecular formula is C24H28N2. The molecule has 2 N–H and O–H groups in total. The third-order valence-electron chi connectivity index (χ3n) is 4.82. The van der Waals surface area contributed by atoms with E-state index in [2.05, 4.69) is 97.3 Å². The lowest BCUT2D eigenvalue weighted by atomic mass is 9.94. The first-order valence-corrected chi connectivity index (χ1v) is 9.40. The Morgan fingerprint density at radius 2 is 1.00 bits per heavy atom. The van der Waals surface area contributed by atoms with Crippen molar-refractivity contribution in [2.45, 2.75) is 25.7 Å². The lowest BCUT2D eigenvalue weighted by Crippen LogP contribution is -2.12. The van der Waals surface area contributed by atoms with Crippen molar-refractivity contribution in [1.82, 2.24) is 0 Å². The second-order valence-electron chi connectivity index (χ2n) is 6.97. The molecule has 26 heavy (non-hydrogen) atoms. The SMILES string of the molecule is CC(CNc1ccccc1)c1cccc(C(C)CNc2ccccc2)c1. The van der Waals surface area contributed by atoms with Crippen LogP contribution < -0.4 is 10.6 Å². The Balaban J connectivity index is 1.58. The van der Waals surface area contributed by atoms with Gasteiger partial charge in [-0.25, -0.2) is 0 Å². The van der Waals surface area contributed by atoms with E-state index in [0.717, 1.165) is 13.1 Å². The minimum Gasteiger partial charge on any atom is -0.384 e. The van der Waals surface area contributed by atoms with E-state index < -0.39 is 0 Å². The number of anilines is 2. The normalized spacial score (nSPS) is 13.0. The molecule has 0 saturated heterocycles. The van der Waals surface area contributed by atoms with Crippen molar-refractivity contribution in [3.63, 3.8) is 0 Å². The summed E-state index contributed by atoms with van der Waals surface area (Å²) in [5.41, 5.74) is 5.13. The number of nitrogens with one attached hydrogen (secondary N) is 2. The smallest absolute Gasteiger partial charge is 0.0340 e. The van der Waals surface area contributed by atoms with Crippen molar-refractivity contribution in [3.05, 3.63) is 96.1 Å². The standard InChI is InChI=1S/C24H28N2/c1-19(17-25-23-12-5-3-6-13-23)21-10-9-11-22(16-21)20(2)18-26-24-14-7-4-8-15-24/h3-16,19-20,25-26H,17-18H2,1-2H3. The van der Waals surface area contributed by atoms with Gasteiger partial charge in [0.15, 0.2) is 0 Å². The van der Waals surface area contributed by atoms with E-state index in [9.17, 15) is 0 Å². The van der Waals surface area contributed by atoms with Gasteiger partial charge in [0.1, 0.15) is 0 Å². The van der Waals surface area contributed by atoms with E-state index in [0.29, 0.717) is 11.8 Å². The monoisotopic (exact) mass is 344 g/mol. The first kappa shape index (κ1) is 18.1. The van der Waals surface area contributed by atoms with Crippen LogP contribution in [0.2, 0.25) is 0 Å². The molecule has 0 bridgehead atoms. The molecule has 0 amide bonds. The summed E-state index contributed by atoms with van der Waals surface area (Å²) in [6, 6.07) is 29.8. The predicted octanol–water partition coefficient (Wildman–Crippen LogP) is 6.12. The average molecular weight is 345 g/mol. The van der Waals surface area contributed by atoms with Crippen LogP contribution in [-0.2, 0) is 0 Å². The first-order chi connectivity index (χ1) is 12.7. The number of hydrogen-bond donors (Lipinski definition) is 2. The fraction of sp³-hybridized carbons (Fsp3) is 0.250. The molecule has 0 radical (unpaired) electrons. The summed E-state index contributed by atoms with van der Waals surface area (Å²) in [6.45, 7) is 6.43. The molecule has 0 aliphatic rings. The van der Waals surface area contributed by atoms with Crippen LogP contribution in [0.4, 0.5) is 11.4 Å². The molecule has 2 unspecified atom stereocenters. The van der Waals surface area contributed by atoms with Gasteiger partial charge in [0.25, 0.3) is 0 Å². The minimum absolute atomic E-state index is 0.462. The lowest BCUT2D eigenvalue weighted by molar-refractivity contribution is 0.778. The molecule has 0 aliphatic heterocycles. The summed E-state index contributed by atoms with van der Waals surface area (Å²) in [4.78, 5) is 0. The van der Waals surface area contributed by atoms with Gasteiger partial charge < -0.3 is 10.6 Å². The predicted molar refractivity (Wildman–Crippen MR) is 113 cm³/mol. The van der Waals surface area contributed by atoms with Crippen molar-refractivity contribution in [2.24, 2.45) is 0 Å². The molecule has 0 aromatic heterocycles. The van der Waals surface area contributed by atoms with Gasteiger partial charge in [0, 0.05) is 24.5 Å². The fourth-order valence-electron chi connectivity index (χ4n) is 3.06. The molecule has 0 saturated carbocycles. The second-order valence-corrected chi connectivity index (χ2v) is 6.97. The van der Waals surface area contributed by atoms with Crippen molar-refractivity contribution < 1.29 is 0 Å². The van der Waals surface area contributed by atoms with Crippen LogP contribution >= 0.6 is 0 Å². The zero-order chi connectivity index (χ0) is 18.2. The second kappa shape index (κ2) is 9.10. The van der Waals surface area contributed by atoms with Crippen molar-refractivity contribution in [3.8, 4) is 0 Å². The zero-order valence-corrected chi connectivity index (χ0v) is 15.7. The molecule has 0 heterocycles. The Hall–Kier alpha value is -2.74. The summed E-state index contributed by atoms with van der Waals surface area (Å²) >= 11 is 0. The molecule has 0 fully saturated rings. The molecule has 3 rings (SSSR count). The van der Waals surface area contributed by atoms with Crippen LogP contribution in [0.15, 0.2) is 84.9 Å². The first-order valence-electron chi connectivity index (χ1n) is 9.40. The Morgan fingerprint density at radius 3 is 1.42 bits per heavy atom. The molecule has 2 nitrogen and oxygen atoms in total. The van der Waals surface area contributed by atoms with Crippen molar-refractivity contribution in [2.75, 3.05) is 23.7 Å². The summed E-state index contributed by atoms with van der Waals surface area (Å²) < 4.78 is 0. The third-order valence-corrected chi connectivity index (χ3v) is 4.82. The maximum absolute atomic E-state index is 3.53. The number of benzene rings is 3. The van der Waals surface area contributed by atoms with Gasteiger partial charge in [0.05, 0.1) is 0 Å². The molecule has 3 aromatic rings. The van der Waals surface area contributed by atoms with Gasteiger partial charge in [-0.15, -0.1) is 0 Å². The topological polar surface area (TPSA) is 24.1 Å². The quantitative estimate of drug-likeness (QED) is 0.514. The van der Waals surface area contributed by atoms with E-state index in [1.165, 1.54) is 22.5 Å². The van der Waals surface area contributed by atoms with Gasteiger partial charge in [0.2, 0.25) is 0 Å². The van der Waals surface area contributed by atoms with Gasteiger partial charge >= 0.3 is 0 Å². The Labute approximate surface area is 157 Å². The number of rotatable bonds is 8. The van der Waals surface area contributed by atoms with E-state index in [1.807, 2.05) is 12.1 Å². The highest BCUT2D eigenvalue weighted by Crippen LogP contribution is 2.23. The summed E-state index contributed by atoms with van der Waals surface area (Å²) in [5.74, 6) is 0.925. The molecular weight excluding hydrogens is 316 g/mol. The highest BCUT2D eigenvalue weighted by Gasteiger charge is 2.10. The molecule has 0 aliphatic carbocycles. The summed E-state index contributed by atoms with van der Waals surface area (Å²) in [7, 11) is 0. The van der Waals surface area contributed by atoms with E-state index in [-0.39, 0.29) is 0 Å². The van der Waals surface area contributed by atoms with Gasteiger partial charge in [-0.05, 0) is 47.2 Å². The molecule has 0 spiro atoms. The average Bonchev–Trinajstić information content (AvgIpc) is 2.72. The number of hydrogen-bond acceptors (Lipinski definition) is 2. The van der Waals surface area contributed by atoms with Crippen LogP contribution in [0.1, 0.15) is 36.8 Å². The van der Waals surface area contributed by atoms with Gasteiger partial charge in [-0.3, -0.25) is 0 Å². The molecule has 2 heteroatoms. The summed E-state index contributed by atoms with van der Waals surface area (Å²) in [5, 5.41) is 7.05. The van der Waals surface area contributed by atoms with Gasteiger partial charge in [-0.2, -0.15) is 0 Å². The van der Waals surface area contributed by atoms with Crippen LogP contribution in [-0.4, -0.2) is 13.1 Å². The third kappa shape index (κ3) is 5.13. The van der Waals surface area contributed by atoms with Crippen LogP contribution in [0.5, 0.6) is 0 Å². The Morgan fingerprint density at radius 1 is 0.577 bits per heavy atom. The lowest BCUT2D eigenvalue weighted by Gasteiger charge is -2.18. The highest BCUT2D eigenvalue weighted by atomic mass is 14.9. The van der Waals surface area contributed by atoms with Crippen LogP contribution in [0.25, 0.3) is 0 Å². The van der Waals surface area contributed by atoms with Gasteiger partial charge in [-0.1, -0.05) is 74.5 Å². The van der Waals surface area contributed by atoms with E-state index >= 15 is 0 Å². The summed E-state index contributed by atoms with van der Waals surface area (Å²) in [6.07, 6.45) is 0. The number of para-hydroxylation sites is 2. The highest BCUT2D eigenvalue weighted by molar-refractivity contribution is 5.44. The van der Waals surface area contributed by atoms with Crippen LogP contribution in [0.3, 0.4) is 0 Å².